The summed E-state index contributed by atoms with van der Waals surface area (Å²) in [6, 6.07) is 18.0. The van der Waals surface area contributed by atoms with Crippen LogP contribution in [0.3, 0.4) is 0 Å². The molecule has 0 atom stereocenters. The molecule has 1 amide bonds. The molecule has 28 heavy (non-hydrogen) atoms. The first-order valence-corrected chi connectivity index (χ1v) is 9.06. The Bertz CT molecular complexity index is 951. The van der Waals surface area contributed by atoms with Crippen molar-refractivity contribution in [1.82, 2.24) is 5.43 Å². The summed E-state index contributed by atoms with van der Waals surface area (Å²) in [5.74, 6) is 1.88. The predicted octanol–water partition coefficient (Wildman–Crippen LogP) is 4.53. The van der Waals surface area contributed by atoms with Crippen molar-refractivity contribution >= 4 is 23.7 Å². The van der Waals surface area contributed by atoms with Gasteiger partial charge in [-0.2, -0.15) is 5.10 Å². The second-order valence-corrected chi connectivity index (χ2v) is 6.11. The zero-order valence-electron chi connectivity index (χ0n) is 15.2. The molecule has 1 aromatic heterocycles. The number of hydrogen-bond acceptors (Lipinski definition) is 5. The van der Waals surface area contributed by atoms with Gasteiger partial charge in [0.2, 0.25) is 0 Å². The van der Waals surface area contributed by atoms with Gasteiger partial charge in [-0.05, 0) is 55.5 Å². The number of rotatable bonds is 8. The lowest BCUT2D eigenvalue weighted by molar-refractivity contribution is -0.123. The second-order valence-electron chi connectivity index (χ2n) is 5.67. The summed E-state index contributed by atoms with van der Waals surface area (Å²) >= 11 is 5.88. The molecule has 7 heteroatoms. The van der Waals surface area contributed by atoms with Gasteiger partial charge in [0.05, 0.1) is 12.8 Å². The smallest absolute Gasteiger partial charge is 0.277 e. The number of ether oxygens (including phenoxy) is 2. The summed E-state index contributed by atoms with van der Waals surface area (Å²) in [6.07, 6.45) is 1.42. The highest BCUT2D eigenvalue weighted by atomic mass is 35.5. The predicted molar refractivity (Wildman–Crippen MR) is 108 cm³/mol. The molecule has 0 bridgehead atoms. The molecule has 6 nitrogen and oxygen atoms in total. The second kappa shape index (κ2) is 9.62. The maximum atomic E-state index is 11.9. The van der Waals surface area contributed by atoms with Crippen LogP contribution in [0.4, 0.5) is 0 Å². The van der Waals surface area contributed by atoms with Gasteiger partial charge < -0.3 is 13.9 Å². The Morgan fingerprint density at radius 2 is 1.79 bits per heavy atom. The van der Waals surface area contributed by atoms with Crippen molar-refractivity contribution in [3.63, 3.8) is 0 Å². The van der Waals surface area contributed by atoms with Gasteiger partial charge in [-0.3, -0.25) is 4.79 Å². The third-order valence-electron chi connectivity index (χ3n) is 3.64. The van der Waals surface area contributed by atoms with Crippen LogP contribution in [0.2, 0.25) is 5.02 Å². The standard InChI is InChI=1S/C21H19ClN2O4/c1-2-26-19-5-3-4-6-20(19)27-14-21(25)24-23-13-17-11-12-18(28-17)15-7-9-16(22)10-8-15/h3-13H,2,14H2,1H3,(H,24,25)/b23-13+. The minimum Gasteiger partial charge on any atom is -0.490 e. The van der Waals surface area contributed by atoms with Crippen molar-refractivity contribution in [1.29, 1.82) is 0 Å². The van der Waals surface area contributed by atoms with E-state index in [1.165, 1.54) is 6.21 Å². The number of halogens is 1. The van der Waals surface area contributed by atoms with E-state index < -0.39 is 5.91 Å². The van der Waals surface area contributed by atoms with Gasteiger partial charge in [-0.15, -0.1) is 0 Å². The molecule has 0 unspecified atom stereocenters. The Morgan fingerprint density at radius 1 is 1.07 bits per heavy atom. The fourth-order valence-corrected chi connectivity index (χ4v) is 2.51. The molecule has 3 aromatic rings. The number of nitrogens with one attached hydrogen (secondary N) is 1. The molecular formula is C21H19ClN2O4. The largest absolute Gasteiger partial charge is 0.490 e. The molecule has 0 radical (unpaired) electrons. The van der Waals surface area contributed by atoms with Gasteiger partial charge >= 0.3 is 0 Å². The van der Waals surface area contributed by atoms with Gasteiger partial charge in [0.25, 0.3) is 5.91 Å². The van der Waals surface area contributed by atoms with Crippen LogP contribution in [0.15, 0.2) is 70.2 Å². The average molecular weight is 399 g/mol. The molecule has 0 aliphatic heterocycles. The molecule has 0 fully saturated rings. The topological polar surface area (TPSA) is 73.1 Å². The van der Waals surface area contributed by atoms with Gasteiger partial charge in [0, 0.05) is 10.6 Å². The van der Waals surface area contributed by atoms with E-state index in [2.05, 4.69) is 10.5 Å². The van der Waals surface area contributed by atoms with Crippen LogP contribution in [0.25, 0.3) is 11.3 Å². The molecule has 0 spiro atoms. The Kier molecular flexibility index (Phi) is 6.70. The molecule has 0 aliphatic carbocycles. The minimum atomic E-state index is -0.396. The number of furan rings is 1. The van der Waals surface area contributed by atoms with Crippen molar-refractivity contribution in [3.8, 4) is 22.8 Å². The maximum absolute atomic E-state index is 11.9. The zero-order valence-corrected chi connectivity index (χ0v) is 16.0. The average Bonchev–Trinajstić information content (AvgIpc) is 3.17. The molecule has 0 saturated heterocycles. The fraction of sp³-hybridized carbons (Fsp3) is 0.143. The van der Waals surface area contributed by atoms with E-state index in [-0.39, 0.29) is 6.61 Å². The first kappa shape index (κ1) is 19.5. The van der Waals surface area contributed by atoms with Crippen LogP contribution in [-0.4, -0.2) is 25.3 Å². The highest BCUT2D eigenvalue weighted by molar-refractivity contribution is 6.30. The summed E-state index contributed by atoms with van der Waals surface area (Å²) in [4.78, 5) is 11.9. The van der Waals surface area contributed by atoms with Crippen LogP contribution < -0.4 is 14.9 Å². The van der Waals surface area contributed by atoms with Gasteiger partial charge in [-0.1, -0.05) is 23.7 Å². The van der Waals surface area contributed by atoms with Gasteiger partial charge in [0.15, 0.2) is 18.1 Å². The summed E-state index contributed by atoms with van der Waals surface area (Å²) in [7, 11) is 0. The molecule has 144 valence electrons. The lowest BCUT2D eigenvalue weighted by atomic mass is 10.2. The summed E-state index contributed by atoms with van der Waals surface area (Å²) < 4.78 is 16.6. The van der Waals surface area contributed by atoms with Crippen molar-refractivity contribution < 1.29 is 18.7 Å². The van der Waals surface area contributed by atoms with Crippen LogP contribution >= 0.6 is 11.6 Å². The van der Waals surface area contributed by atoms with E-state index in [0.717, 1.165) is 5.56 Å². The van der Waals surface area contributed by atoms with E-state index in [0.29, 0.717) is 34.6 Å². The first-order valence-electron chi connectivity index (χ1n) is 8.68. The van der Waals surface area contributed by atoms with Crippen LogP contribution in [0.5, 0.6) is 11.5 Å². The Morgan fingerprint density at radius 3 is 2.50 bits per heavy atom. The zero-order chi connectivity index (χ0) is 19.8. The third kappa shape index (κ3) is 5.37. The van der Waals surface area contributed by atoms with E-state index in [1.54, 1.807) is 30.3 Å². The van der Waals surface area contributed by atoms with Crippen molar-refractivity contribution in [2.75, 3.05) is 13.2 Å². The lowest BCUT2D eigenvalue weighted by Crippen LogP contribution is -2.24. The van der Waals surface area contributed by atoms with Crippen molar-refractivity contribution in [2.45, 2.75) is 6.92 Å². The number of benzene rings is 2. The Hall–Kier alpha value is -3.25. The number of carbonyl (C=O) groups is 1. The van der Waals surface area contributed by atoms with Crippen LogP contribution in [0.1, 0.15) is 12.7 Å². The molecule has 3 rings (SSSR count). The van der Waals surface area contributed by atoms with E-state index in [4.69, 9.17) is 25.5 Å². The number of carbonyl (C=O) groups excluding carboxylic acids is 1. The molecule has 0 aliphatic rings. The molecule has 1 N–H and O–H groups in total. The van der Waals surface area contributed by atoms with E-state index in [9.17, 15) is 4.79 Å². The Balaban J connectivity index is 1.51. The molecule has 0 saturated carbocycles. The number of nitrogens with zero attached hydrogens (tertiary/aromatic N) is 1. The molecule has 1 heterocycles. The monoisotopic (exact) mass is 398 g/mol. The number of para-hydroxylation sites is 2. The van der Waals surface area contributed by atoms with Crippen molar-refractivity contribution in [3.05, 3.63) is 71.4 Å². The summed E-state index contributed by atoms with van der Waals surface area (Å²) in [5.41, 5.74) is 3.29. The number of hydrazone groups is 1. The normalized spacial score (nSPS) is 10.8. The quantitative estimate of drug-likeness (QED) is 0.447. The van der Waals surface area contributed by atoms with Gasteiger partial charge in [0.1, 0.15) is 11.5 Å². The lowest BCUT2D eigenvalue weighted by Gasteiger charge is -2.10. The SMILES string of the molecule is CCOc1ccccc1OCC(=O)N/N=C/c1ccc(-c2ccc(Cl)cc2)o1. The number of amides is 1. The highest BCUT2D eigenvalue weighted by Gasteiger charge is 2.07. The van der Waals surface area contributed by atoms with Crippen LogP contribution in [0, 0.1) is 0 Å². The summed E-state index contributed by atoms with van der Waals surface area (Å²) in [6.45, 7) is 2.21. The molecule has 2 aromatic carbocycles. The number of hydrogen-bond donors (Lipinski definition) is 1. The Labute approximate surface area is 167 Å². The highest BCUT2D eigenvalue weighted by Crippen LogP contribution is 2.26. The third-order valence-corrected chi connectivity index (χ3v) is 3.90. The molecular weight excluding hydrogens is 380 g/mol. The summed E-state index contributed by atoms with van der Waals surface area (Å²) in [5, 5.41) is 4.54. The fourth-order valence-electron chi connectivity index (χ4n) is 2.38. The minimum absolute atomic E-state index is 0.185. The van der Waals surface area contributed by atoms with E-state index in [1.807, 2.05) is 37.3 Å². The van der Waals surface area contributed by atoms with E-state index >= 15 is 0 Å². The van der Waals surface area contributed by atoms with Gasteiger partial charge in [-0.25, -0.2) is 5.43 Å². The maximum Gasteiger partial charge on any atom is 0.277 e. The first-order chi connectivity index (χ1) is 13.7. The van der Waals surface area contributed by atoms with Crippen LogP contribution in [-0.2, 0) is 4.79 Å². The van der Waals surface area contributed by atoms with Crippen molar-refractivity contribution in [2.24, 2.45) is 5.10 Å².